The highest BCUT2D eigenvalue weighted by Crippen LogP contribution is 2.24. The zero-order chi connectivity index (χ0) is 16.3. The second-order valence-electron chi connectivity index (χ2n) is 5.27. The Labute approximate surface area is 135 Å². The van der Waals surface area contributed by atoms with Crippen molar-refractivity contribution in [3.63, 3.8) is 0 Å². The average molecular weight is 330 g/mol. The van der Waals surface area contributed by atoms with E-state index in [4.69, 9.17) is 0 Å². The maximum atomic E-state index is 12.6. The number of para-hydroxylation sites is 1. The first kappa shape index (κ1) is 15.5. The lowest BCUT2D eigenvalue weighted by Gasteiger charge is -2.15. The van der Waals surface area contributed by atoms with E-state index < -0.39 is 15.1 Å². The largest absolute Gasteiger partial charge is 0.303 e. The molecule has 0 aliphatic carbocycles. The topological polar surface area (TPSA) is 69.8 Å². The molecule has 1 atom stereocenters. The Morgan fingerprint density at radius 2 is 1.87 bits per heavy atom. The minimum absolute atomic E-state index is 0.0253. The molecule has 1 aromatic carbocycles. The summed E-state index contributed by atoms with van der Waals surface area (Å²) in [6, 6.07) is 11.4. The van der Waals surface area contributed by atoms with Crippen molar-refractivity contribution in [1.29, 1.82) is 0 Å². The third kappa shape index (κ3) is 3.34. The van der Waals surface area contributed by atoms with Crippen LogP contribution in [0.25, 0.3) is 5.69 Å². The highest BCUT2D eigenvalue weighted by molar-refractivity contribution is 7.91. The van der Waals surface area contributed by atoms with Crippen LogP contribution in [-0.2, 0) is 16.4 Å². The lowest BCUT2D eigenvalue weighted by Crippen LogP contribution is -2.21. The normalized spacial score (nSPS) is 13.1. The van der Waals surface area contributed by atoms with Gasteiger partial charge in [0.25, 0.3) is 0 Å². The molecule has 0 aliphatic heterocycles. The molecule has 0 bridgehead atoms. The quantitative estimate of drug-likeness (QED) is 0.695. The highest BCUT2D eigenvalue weighted by Gasteiger charge is 2.26. The fourth-order valence-corrected chi connectivity index (χ4v) is 3.70. The van der Waals surface area contributed by atoms with Crippen molar-refractivity contribution < 1.29 is 8.42 Å². The average Bonchev–Trinajstić information content (AvgIpc) is 3.24. The van der Waals surface area contributed by atoms with Gasteiger partial charge in [-0.2, -0.15) is 5.10 Å². The van der Waals surface area contributed by atoms with E-state index >= 15 is 0 Å². The molecule has 6 nitrogen and oxygen atoms in total. The van der Waals surface area contributed by atoms with Crippen LogP contribution in [0.1, 0.15) is 18.0 Å². The second-order valence-corrected chi connectivity index (χ2v) is 7.71. The molecule has 7 heteroatoms. The number of imidazole rings is 1. The van der Waals surface area contributed by atoms with Crippen LogP contribution in [0.4, 0.5) is 0 Å². The maximum Gasteiger partial charge on any atom is 0.161 e. The predicted molar refractivity (Wildman–Crippen MR) is 88.0 cm³/mol. The van der Waals surface area contributed by atoms with E-state index in [1.54, 1.807) is 42.5 Å². The van der Waals surface area contributed by atoms with Gasteiger partial charge < -0.3 is 4.57 Å². The summed E-state index contributed by atoms with van der Waals surface area (Å²) in [7, 11) is -3.33. The summed E-state index contributed by atoms with van der Waals surface area (Å²) in [5.74, 6) is 0.550. The molecule has 3 rings (SSSR count). The Bertz CT molecular complexity index is 855. The molecule has 0 radical (unpaired) electrons. The van der Waals surface area contributed by atoms with Gasteiger partial charge in [-0.15, -0.1) is 0 Å². The zero-order valence-corrected chi connectivity index (χ0v) is 13.6. The van der Waals surface area contributed by atoms with Gasteiger partial charge in [0.05, 0.1) is 12.3 Å². The molecule has 120 valence electrons. The number of hydrogen-bond acceptors (Lipinski definition) is 4. The predicted octanol–water partition coefficient (Wildman–Crippen LogP) is 2.24. The molecule has 23 heavy (non-hydrogen) atoms. The molecule has 0 saturated carbocycles. The lowest BCUT2D eigenvalue weighted by molar-refractivity contribution is 0.568. The van der Waals surface area contributed by atoms with Crippen LogP contribution in [0.15, 0.2) is 61.2 Å². The summed E-state index contributed by atoms with van der Waals surface area (Å²) in [5, 5.41) is 3.35. The van der Waals surface area contributed by atoms with Gasteiger partial charge >= 0.3 is 0 Å². The monoisotopic (exact) mass is 330 g/mol. The number of rotatable bonds is 6. The third-order valence-corrected chi connectivity index (χ3v) is 5.81. The SMILES string of the molecule is CC(c1nccn1-c1ccccc1)S(=O)(=O)CCn1cccn1. The molecule has 0 amide bonds. The summed E-state index contributed by atoms with van der Waals surface area (Å²) < 4.78 is 28.7. The minimum Gasteiger partial charge on any atom is -0.303 e. The Hall–Kier alpha value is -2.41. The smallest absolute Gasteiger partial charge is 0.161 e. The minimum atomic E-state index is -3.33. The fraction of sp³-hybridized carbons (Fsp3) is 0.250. The number of hydrogen-bond donors (Lipinski definition) is 0. The molecule has 1 unspecified atom stereocenters. The molecule has 0 saturated heterocycles. The Morgan fingerprint density at radius 1 is 1.09 bits per heavy atom. The Balaban J connectivity index is 1.83. The molecule has 0 spiro atoms. The van der Waals surface area contributed by atoms with E-state index in [0.29, 0.717) is 12.4 Å². The van der Waals surface area contributed by atoms with Gasteiger partial charge in [0.1, 0.15) is 11.1 Å². The zero-order valence-electron chi connectivity index (χ0n) is 12.8. The van der Waals surface area contributed by atoms with Crippen LogP contribution >= 0.6 is 0 Å². The van der Waals surface area contributed by atoms with Gasteiger partial charge in [-0.05, 0) is 25.1 Å². The van der Waals surface area contributed by atoms with Crippen molar-refractivity contribution >= 4 is 9.84 Å². The van der Waals surface area contributed by atoms with Crippen molar-refractivity contribution in [2.75, 3.05) is 5.75 Å². The van der Waals surface area contributed by atoms with Gasteiger partial charge in [0.15, 0.2) is 9.84 Å². The number of aryl methyl sites for hydroxylation is 1. The fourth-order valence-electron chi connectivity index (χ4n) is 2.41. The summed E-state index contributed by atoms with van der Waals surface area (Å²) in [6.07, 6.45) is 6.80. The van der Waals surface area contributed by atoms with Gasteiger partial charge in [-0.1, -0.05) is 18.2 Å². The van der Waals surface area contributed by atoms with Crippen molar-refractivity contribution in [2.24, 2.45) is 0 Å². The van der Waals surface area contributed by atoms with Gasteiger partial charge in [0.2, 0.25) is 0 Å². The van der Waals surface area contributed by atoms with Crippen LogP contribution in [0.3, 0.4) is 0 Å². The molecule has 0 fully saturated rings. The van der Waals surface area contributed by atoms with Gasteiger partial charge in [-0.25, -0.2) is 13.4 Å². The standard InChI is InChI=1S/C16H18N4O2S/c1-14(23(21,22)13-12-19-10-5-8-18-19)16-17-9-11-20(16)15-6-3-2-4-7-15/h2-11,14H,12-13H2,1H3. The van der Waals surface area contributed by atoms with Crippen molar-refractivity contribution in [3.05, 3.63) is 67.0 Å². The maximum absolute atomic E-state index is 12.6. The van der Waals surface area contributed by atoms with E-state index in [0.717, 1.165) is 5.69 Å². The molecule has 3 aromatic rings. The number of nitrogens with zero attached hydrogens (tertiary/aromatic N) is 4. The highest BCUT2D eigenvalue weighted by atomic mass is 32.2. The molecule has 2 heterocycles. The van der Waals surface area contributed by atoms with E-state index in [-0.39, 0.29) is 5.75 Å². The summed E-state index contributed by atoms with van der Waals surface area (Å²) >= 11 is 0. The van der Waals surface area contributed by atoms with Crippen LogP contribution in [0.5, 0.6) is 0 Å². The molecular weight excluding hydrogens is 312 g/mol. The number of sulfone groups is 1. The van der Waals surface area contributed by atoms with Gasteiger partial charge in [0, 0.05) is 30.5 Å². The van der Waals surface area contributed by atoms with Crippen LogP contribution < -0.4 is 0 Å². The van der Waals surface area contributed by atoms with Crippen LogP contribution in [0.2, 0.25) is 0 Å². The van der Waals surface area contributed by atoms with Gasteiger partial charge in [-0.3, -0.25) is 4.68 Å². The summed E-state index contributed by atoms with van der Waals surface area (Å²) in [6.45, 7) is 2.02. The van der Waals surface area contributed by atoms with Crippen LogP contribution in [0, 0.1) is 0 Å². The Morgan fingerprint density at radius 3 is 2.57 bits per heavy atom. The summed E-state index contributed by atoms with van der Waals surface area (Å²) in [5.41, 5.74) is 0.897. The molecular formula is C16H18N4O2S. The van der Waals surface area contributed by atoms with E-state index in [9.17, 15) is 8.42 Å². The van der Waals surface area contributed by atoms with Crippen LogP contribution in [-0.4, -0.2) is 33.5 Å². The molecule has 2 aromatic heterocycles. The van der Waals surface area contributed by atoms with E-state index in [2.05, 4.69) is 10.1 Å². The van der Waals surface area contributed by atoms with Crippen molar-refractivity contribution in [1.82, 2.24) is 19.3 Å². The lowest BCUT2D eigenvalue weighted by atomic mass is 10.3. The first-order valence-electron chi connectivity index (χ1n) is 7.35. The molecule has 0 aliphatic rings. The first-order valence-corrected chi connectivity index (χ1v) is 9.07. The summed E-state index contributed by atoms with van der Waals surface area (Å²) in [4.78, 5) is 4.27. The number of aromatic nitrogens is 4. The third-order valence-electron chi connectivity index (χ3n) is 3.77. The first-order chi connectivity index (χ1) is 11.1. The molecule has 0 N–H and O–H groups in total. The second kappa shape index (κ2) is 6.37. The Kier molecular flexibility index (Phi) is 4.29. The van der Waals surface area contributed by atoms with Crippen molar-refractivity contribution in [2.45, 2.75) is 18.7 Å². The van der Waals surface area contributed by atoms with E-state index in [1.807, 2.05) is 34.9 Å². The van der Waals surface area contributed by atoms with Crippen molar-refractivity contribution in [3.8, 4) is 5.69 Å². The number of benzene rings is 1. The van der Waals surface area contributed by atoms with E-state index in [1.165, 1.54) is 0 Å².